The maximum atomic E-state index is 11.9. The van der Waals surface area contributed by atoms with E-state index in [1.54, 1.807) is 11.3 Å². The van der Waals surface area contributed by atoms with Crippen molar-refractivity contribution in [1.29, 1.82) is 0 Å². The maximum Gasteiger partial charge on any atom is 0.173 e. The van der Waals surface area contributed by atoms with Crippen LogP contribution in [0.15, 0.2) is 11.4 Å². The van der Waals surface area contributed by atoms with Crippen LogP contribution in [0.4, 0.5) is 0 Å². The van der Waals surface area contributed by atoms with Crippen molar-refractivity contribution in [2.24, 2.45) is 0 Å². The lowest BCUT2D eigenvalue weighted by atomic mass is 10.1. The molecule has 0 aliphatic rings. The maximum absolute atomic E-state index is 11.9. The van der Waals surface area contributed by atoms with Gasteiger partial charge in [0.25, 0.3) is 0 Å². The fourth-order valence-corrected chi connectivity index (χ4v) is 2.94. The zero-order valence-electron chi connectivity index (χ0n) is 10.5. The van der Waals surface area contributed by atoms with Crippen LogP contribution in [0.1, 0.15) is 60.2 Å². The van der Waals surface area contributed by atoms with Crippen LogP contribution in [0.2, 0.25) is 0 Å². The Morgan fingerprint density at radius 2 is 1.82 bits per heavy atom. The molecule has 0 aromatic carbocycles. The molecule has 0 radical (unpaired) electrons. The van der Waals surface area contributed by atoms with E-state index in [9.17, 15) is 4.79 Å². The molecule has 0 amide bonds. The molecule has 1 nitrogen and oxygen atoms in total. The third kappa shape index (κ3) is 5.69. The molecule has 0 fully saturated rings. The number of rotatable bonds is 9. The molecule has 1 aromatic heterocycles. The molecule has 1 heterocycles. The Hall–Kier alpha value is -0.340. The molecule has 0 spiro atoms. The second kappa shape index (κ2) is 8.71. The Morgan fingerprint density at radius 1 is 1.18 bits per heavy atom. The summed E-state index contributed by atoms with van der Waals surface area (Å²) in [6, 6.07) is 2.02. The molecule has 0 saturated carbocycles. The molecule has 0 saturated heterocycles. The minimum atomic E-state index is 0.318. The highest BCUT2D eigenvalue weighted by atomic mass is 35.5. The Labute approximate surface area is 113 Å². The summed E-state index contributed by atoms with van der Waals surface area (Å²) in [7, 11) is 0. The van der Waals surface area contributed by atoms with Crippen LogP contribution in [0.25, 0.3) is 0 Å². The standard InChI is InChI=1S/C14H21ClOS/c1-12-9-11-17-14(12)13(16)8-6-4-2-3-5-7-10-15/h9,11H,2-8,10H2,1H3. The van der Waals surface area contributed by atoms with Gasteiger partial charge >= 0.3 is 0 Å². The van der Waals surface area contributed by atoms with Crippen molar-refractivity contribution >= 4 is 28.7 Å². The highest BCUT2D eigenvalue weighted by Crippen LogP contribution is 2.19. The van der Waals surface area contributed by atoms with Gasteiger partial charge in [-0.25, -0.2) is 0 Å². The van der Waals surface area contributed by atoms with Crippen molar-refractivity contribution in [1.82, 2.24) is 0 Å². The van der Waals surface area contributed by atoms with Gasteiger partial charge in [-0.15, -0.1) is 22.9 Å². The molecular weight excluding hydrogens is 252 g/mol. The molecule has 17 heavy (non-hydrogen) atoms. The van der Waals surface area contributed by atoms with Crippen LogP contribution < -0.4 is 0 Å². The highest BCUT2D eigenvalue weighted by Gasteiger charge is 2.09. The number of carbonyl (C=O) groups is 1. The average molecular weight is 273 g/mol. The Balaban J connectivity index is 2.07. The Kier molecular flexibility index (Phi) is 7.54. The summed E-state index contributed by atoms with van der Waals surface area (Å²) in [6.07, 6.45) is 7.72. The summed E-state index contributed by atoms with van der Waals surface area (Å²) in [4.78, 5) is 12.8. The molecule has 0 N–H and O–H groups in total. The van der Waals surface area contributed by atoms with Gasteiger partial charge in [0.2, 0.25) is 0 Å². The number of hydrogen-bond donors (Lipinski definition) is 0. The van der Waals surface area contributed by atoms with Crippen molar-refractivity contribution in [2.75, 3.05) is 5.88 Å². The molecule has 0 atom stereocenters. The number of hydrogen-bond acceptors (Lipinski definition) is 2. The fraction of sp³-hybridized carbons (Fsp3) is 0.643. The number of carbonyl (C=O) groups excluding carboxylic acids is 1. The number of Topliss-reactive ketones (excluding diaryl/α,β-unsaturated/α-hetero) is 1. The second-order valence-electron chi connectivity index (χ2n) is 4.42. The molecule has 96 valence electrons. The summed E-state index contributed by atoms with van der Waals surface area (Å²) in [5.41, 5.74) is 1.13. The van der Waals surface area contributed by atoms with Gasteiger partial charge in [-0.05, 0) is 36.8 Å². The number of ketones is 1. The normalized spacial score (nSPS) is 10.7. The molecule has 0 aliphatic heterocycles. The lowest BCUT2D eigenvalue weighted by Crippen LogP contribution is -1.97. The van der Waals surface area contributed by atoms with E-state index in [-0.39, 0.29) is 0 Å². The molecule has 0 unspecified atom stereocenters. The van der Waals surface area contributed by atoms with E-state index in [1.165, 1.54) is 25.7 Å². The van der Waals surface area contributed by atoms with Gasteiger partial charge in [0, 0.05) is 12.3 Å². The number of alkyl halides is 1. The van der Waals surface area contributed by atoms with E-state index in [2.05, 4.69) is 0 Å². The molecule has 1 rings (SSSR count). The molecule has 1 aromatic rings. The van der Waals surface area contributed by atoms with Crippen LogP contribution in [-0.2, 0) is 0 Å². The zero-order chi connectivity index (χ0) is 12.5. The minimum Gasteiger partial charge on any atom is -0.293 e. The van der Waals surface area contributed by atoms with Crippen molar-refractivity contribution in [3.8, 4) is 0 Å². The van der Waals surface area contributed by atoms with Crippen LogP contribution >= 0.6 is 22.9 Å². The van der Waals surface area contributed by atoms with Gasteiger partial charge in [-0.3, -0.25) is 4.79 Å². The van der Waals surface area contributed by atoms with Gasteiger partial charge in [-0.2, -0.15) is 0 Å². The zero-order valence-corrected chi connectivity index (χ0v) is 12.1. The first-order chi connectivity index (χ1) is 8.25. The first kappa shape index (κ1) is 14.7. The van der Waals surface area contributed by atoms with E-state index < -0.39 is 0 Å². The van der Waals surface area contributed by atoms with Gasteiger partial charge < -0.3 is 0 Å². The largest absolute Gasteiger partial charge is 0.293 e. The van der Waals surface area contributed by atoms with Crippen LogP contribution in [0.5, 0.6) is 0 Å². The van der Waals surface area contributed by atoms with E-state index in [1.807, 2.05) is 18.4 Å². The molecule has 3 heteroatoms. The quantitative estimate of drug-likeness (QED) is 0.343. The monoisotopic (exact) mass is 272 g/mol. The molecular formula is C14H21ClOS. The van der Waals surface area contributed by atoms with Crippen LogP contribution in [0.3, 0.4) is 0 Å². The van der Waals surface area contributed by atoms with E-state index >= 15 is 0 Å². The third-order valence-electron chi connectivity index (χ3n) is 2.90. The lowest BCUT2D eigenvalue weighted by Gasteiger charge is -2.01. The minimum absolute atomic E-state index is 0.318. The van der Waals surface area contributed by atoms with Gasteiger partial charge in [0.1, 0.15) is 0 Å². The Bertz CT molecular complexity index is 333. The van der Waals surface area contributed by atoms with Crippen LogP contribution in [-0.4, -0.2) is 11.7 Å². The third-order valence-corrected chi connectivity index (χ3v) is 4.23. The first-order valence-corrected chi connectivity index (χ1v) is 7.80. The van der Waals surface area contributed by atoms with Crippen molar-refractivity contribution in [3.63, 3.8) is 0 Å². The number of halogens is 1. The SMILES string of the molecule is Cc1ccsc1C(=O)CCCCCCCCCl. The summed E-state index contributed by atoms with van der Waals surface area (Å²) in [6.45, 7) is 2.01. The first-order valence-electron chi connectivity index (χ1n) is 6.39. The summed E-state index contributed by atoms with van der Waals surface area (Å²) in [5, 5.41) is 1.99. The molecule has 0 bridgehead atoms. The second-order valence-corrected chi connectivity index (χ2v) is 5.71. The highest BCUT2D eigenvalue weighted by molar-refractivity contribution is 7.12. The number of unbranched alkanes of at least 4 members (excludes halogenated alkanes) is 5. The average Bonchev–Trinajstić information content (AvgIpc) is 2.74. The van der Waals surface area contributed by atoms with E-state index in [0.29, 0.717) is 12.2 Å². The predicted octanol–water partition coefficient (Wildman–Crippen LogP) is 5.21. The fourth-order valence-electron chi connectivity index (χ4n) is 1.86. The van der Waals surface area contributed by atoms with Gasteiger partial charge in [0.05, 0.1) is 4.88 Å². The summed E-state index contributed by atoms with van der Waals surface area (Å²) < 4.78 is 0. The van der Waals surface area contributed by atoms with Crippen molar-refractivity contribution in [3.05, 3.63) is 21.9 Å². The molecule has 0 aliphatic carbocycles. The van der Waals surface area contributed by atoms with E-state index in [4.69, 9.17) is 11.6 Å². The summed E-state index contributed by atoms with van der Waals surface area (Å²) >= 11 is 7.18. The predicted molar refractivity (Wildman–Crippen MR) is 76.4 cm³/mol. The lowest BCUT2D eigenvalue weighted by molar-refractivity contribution is 0.0982. The Morgan fingerprint density at radius 3 is 2.41 bits per heavy atom. The van der Waals surface area contributed by atoms with Crippen molar-refractivity contribution in [2.45, 2.75) is 51.9 Å². The number of thiophene rings is 1. The van der Waals surface area contributed by atoms with Gasteiger partial charge in [-0.1, -0.05) is 25.7 Å². The van der Waals surface area contributed by atoms with E-state index in [0.717, 1.165) is 29.2 Å². The van der Waals surface area contributed by atoms with Crippen LogP contribution in [0, 0.1) is 6.92 Å². The number of aryl methyl sites for hydroxylation is 1. The smallest absolute Gasteiger partial charge is 0.173 e. The topological polar surface area (TPSA) is 17.1 Å². The summed E-state index contributed by atoms with van der Waals surface area (Å²) in [5.74, 6) is 1.09. The van der Waals surface area contributed by atoms with Crippen molar-refractivity contribution < 1.29 is 4.79 Å². The van der Waals surface area contributed by atoms with Gasteiger partial charge in [0.15, 0.2) is 5.78 Å².